The Bertz CT molecular complexity index is 658. The summed E-state index contributed by atoms with van der Waals surface area (Å²) in [5.74, 6) is 2.49. The number of hydrogen-bond donors (Lipinski definition) is 0. The van der Waals surface area contributed by atoms with E-state index in [9.17, 15) is 0 Å². The molecule has 27 heavy (non-hydrogen) atoms. The van der Waals surface area contributed by atoms with Gasteiger partial charge >= 0.3 is 0 Å². The fraction of sp³-hybridized carbons (Fsp3) is 0.583. The first-order valence-electron chi connectivity index (χ1n) is 10.8. The third kappa shape index (κ3) is 6.34. The van der Waals surface area contributed by atoms with Crippen molar-refractivity contribution < 1.29 is 4.74 Å². The van der Waals surface area contributed by atoms with Gasteiger partial charge in [0.25, 0.3) is 0 Å². The summed E-state index contributed by atoms with van der Waals surface area (Å²) in [5.41, 5.74) is 3.46. The summed E-state index contributed by atoms with van der Waals surface area (Å²) in [6, 6.07) is 12.8. The molecule has 146 valence electrons. The maximum absolute atomic E-state index is 5.64. The zero-order valence-electron chi connectivity index (χ0n) is 17.0. The van der Waals surface area contributed by atoms with E-state index >= 15 is 0 Å². The van der Waals surface area contributed by atoms with Crippen molar-refractivity contribution in [3.63, 3.8) is 0 Å². The molecule has 0 N–H and O–H groups in total. The standard InChI is InChI=1S/C24H34N2O/c1-3-4-5-18-27-24-17-16-23(25-26-24)22-14-12-21(13-15-22)11-10-20-8-6-19(2)7-9-20/h12-17,19-20H,3-11,18H2,1-2H3. The Hall–Kier alpha value is -1.90. The van der Waals surface area contributed by atoms with E-state index in [0.29, 0.717) is 5.88 Å². The second kappa shape index (κ2) is 10.4. The Labute approximate surface area is 164 Å². The number of aryl methyl sites for hydroxylation is 1. The van der Waals surface area contributed by atoms with E-state index in [1.807, 2.05) is 12.1 Å². The Balaban J connectivity index is 1.48. The van der Waals surface area contributed by atoms with Crippen LogP contribution in [0.3, 0.4) is 0 Å². The zero-order chi connectivity index (χ0) is 18.9. The van der Waals surface area contributed by atoms with Crippen LogP contribution in [0, 0.1) is 11.8 Å². The van der Waals surface area contributed by atoms with Crippen LogP contribution in [-0.4, -0.2) is 16.8 Å². The second-order valence-electron chi connectivity index (χ2n) is 8.17. The van der Waals surface area contributed by atoms with Crippen molar-refractivity contribution in [2.24, 2.45) is 11.8 Å². The van der Waals surface area contributed by atoms with Crippen LogP contribution in [-0.2, 0) is 6.42 Å². The molecule has 0 saturated heterocycles. The van der Waals surface area contributed by atoms with Crippen molar-refractivity contribution in [1.82, 2.24) is 10.2 Å². The normalized spacial score (nSPS) is 19.8. The lowest BCUT2D eigenvalue weighted by Crippen LogP contribution is -2.12. The molecule has 3 heteroatoms. The van der Waals surface area contributed by atoms with Gasteiger partial charge in [0.1, 0.15) is 0 Å². The summed E-state index contributed by atoms with van der Waals surface area (Å²) in [7, 11) is 0. The number of ether oxygens (including phenoxy) is 1. The molecular formula is C24H34N2O. The predicted molar refractivity (Wildman–Crippen MR) is 112 cm³/mol. The molecule has 1 aromatic heterocycles. The number of nitrogens with zero attached hydrogens (tertiary/aromatic N) is 2. The van der Waals surface area contributed by atoms with Crippen molar-refractivity contribution in [2.45, 2.75) is 71.6 Å². The average molecular weight is 367 g/mol. The number of benzene rings is 1. The summed E-state index contributed by atoms with van der Waals surface area (Å²) in [4.78, 5) is 0. The molecule has 3 nitrogen and oxygen atoms in total. The molecule has 1 fully saturated rings. The van der Waals surface area contributed by atoms with E-state index in [1.54, 1.807) is 0 Å². The summed E-state index contributed by atoms with van der Waals surface area (Å²) < 4.78 is 5.64. The number of hydrogen-bond acceptors (Lipinski definition) is 3. The fourth-order valence-corrected chi connectivity index (χ4v) is 3.91. The molecule has 1 aliphatic rings. The van der Waals surface area contributed by atoms with E-state index in [1.165, 1.54) is 56.9 Å². The topological polar surface area (TPSA) is 35.0 Å². The number of aromatic nitrogens is 2. The van der Waals surface area contributed by atoms with Gasteiger partial charge < -0.3 is 4.74 Å². The van der Waals surface area contributed by atoms with Gasteiger partial charge in [0.2, 0.25) is 5.88 Å². The Morgan fingerprint density at radius 3 is 2.37 bits per heavy atom. The average Bonchev–Trinajstić information content (AvgIpc) is 2.72. The van der Waals surface area contributed by atoms with E-state index in [-0.39, 0.29) is 0 Å². The van der Waals surface area contributed by atoms with Gasteiger partial charge in [-0.2, -0.15) is 0 Å². The van der Waals surface area contributed by atoms with Crippen LogP contribution in [0.15, 0.2) is 36.4 Å². The maximum atomic E-state index is 5.64. The van der Waals surface area contributed by atoms with Gasteiger partial charge in [-0.15, -0.1) is 10.2 Å². The summed E-state index contributed by atoms with van der Waals surface area (Å²) in [6.45, 7) is 5.30. The molecule has 0 spiro atoms. The third-order valence-electron chi connectivity index (χ3n) is 5.86. The first-order valence-corrected chi connectivity index (χ1v) is 10.8. The fourth-order valence-electron chi connectivity index (χ4n) is 3.91. The van der Waals surface area contributed by atoms with Crippen LogP contribution in [0.4, 0.5) is 0 Å². The molecule has 0 amide bonds. The van der Waals surface area contributed by atoms with Crippen molar-refractivity contribution in [3.8, 4) is 17.1 Å². The van der Waals surface area contributed by atoms with Gasteiger partial charge in [0, 0.05) is 11.6 Å². The molecule has 0 radical (unpaired) electrons. The Morgan fingerprint density at radius 2 is 1.70 bits per heavy atom. The highest BCUT2D eigenvalue weighted by Gasteiger charge is 2.17. The Morgan fingerprint density at radius 1 is 0.926 bits per heavy atom. The molecule has 1 heterocycles. The van der Waals surface area contributed by atoms with Gasteiger partial charge in [-0.3, -0.25) is 0 Å². The molecular weight excluding hydrogens is 332 g/mol. The molecule has 2 aromatic rings. The van der Waals surface area contributed by atoms with Gasteiger partial charge in [-0.05, 0) is 42.7 Å². The highest BCUT2D eigenvalue weighted by molar-refractivity contribution is 5.59. The quantitative estimate of drug-likeness (QED) is 0.477. The van der Waals surface area contributed by atoms with E-state index < -0.39 is 0 Å². The monoisotopic (exact) mass is 366 g/mol. The smallest absolute Gasteiger partial charge is 0.233 e. The van der Waals surface area contributed by atoms with Gasteiger partial charge in [-0.25, -0.2) is 0 Å². The van der Waals surface area contributed by atoms with E-state index in [2.05, 4.69) is 48.3 Å². The van der Waals surface area contributed by atoms with Gasteiger partial charge in [-0.1, -0.05) is 76.6 Å². The minimum Gasteiger partial charge on any atom is -0.477 e. The van der Waals surface area contributed by atoms with Crippen LogP contribution < -0.4 is 4.74 Å². The molecule has 0 atom stereocenters. The summed E-state index contributed by atoms with van der Waals surface area (Å²) >= 11 is 0. The van der Waals surface area contributed by atoms with Crippen molar-refractivity contribution in [1.29, 1.82) is 0 Å². The zero-order valence-corrected chi connectivity index (χ0v) is 17.0. The number of unbranched alkanes of at least 4 members (excludes halogenated alkanes) is 2. The minimum absolute atomic E-state index is 0.619. The van der Waals surface area contributed by atoms with Crippen LogP contribution in [0.2, 0.25) is 0 Å². The summed E-state index contributed by atoms with van der Waals surface area (Å²) in [5, 5.41) is 8.54. The van der Waals surface area contributed by atoms with Crippen LogP contribution in [0.5, 0.6) is 5.88 Å². The highest BCUT2D eigenvalue weighted by atomic mass is 16.5. The Kier molecular flexibility index (Phi) is 7.67. The van der Waals surface area contributed by atoms with Crippen LogP contribution >= 0.6 is 0 Å². The summed E-state index contributed by atoms with van der Waals surface area (Å²) in [6.07, 6.45) is 11.7. The maximum Gasteiger partial charge on any atom is 0.233 e. The van der Waals surface area contributed by atoms with Crippen molar-refractivity contribution in [2.75, 3.05) is 6.61 Å². The lowest BCUT2D eigenvalue weighted by molar-refractivity contribution is 0.278. The highest BCUT2D eigenvalue weighted by Crippen LogP contribution is 2.31. The first-order chi connectivity index (χ1) is 13.2. The first kappa shape index (κ1) is 19.9. The van der Waals surface area contributed by atoms with Crippen molar-refractivity contribution >= 4 is 0 Å². The lowest BCUT2D eigenvalue weighted by atomic mass is 9.80. The second-order valence-corrected chi connectivity index (χ2v) is 8.17. The lowest BCUT2D eigenvalue weighted by Gasteiger charge is -2.26. The van der Waals surface area contributed by atoms with Gasteiger partial charge in [0.05, 0.1) is 12.3 Å². The SMILES string of the molecule is CCCCCOc1ccc(-c2ccc(CCC3CCC(C)CC3)cc2)nn1. The van der Waals surface area contributed by atoms with E-state index in [0.717, 1.165) is 36.1 Å². The number of rotatable bonds is 9. The van der Waals surface area contributed by atoms with Crippen LogP contribution in [0.1, 0.15) is 70.8 Å². The van der Waals surface area contributed by atoms with Gasteiger partial charge in [0.15, 0.2) is 0 Å². The molecule has 1 aliphatic carbocycles. The molecule has 3 rings (SSSR count). The predicted octanol–water partition coefficient (Wildman–Crippen LogP) is 6.47. The molecule has 0 aliphatic heterocycles. The van der Waals surface area contributed by atoms with Crippen LogP contribution in [0.25, 0.3) is 11.3 Å². The van der Waals surface area contributed by atoms with Crippen molar-refractivity contribution in [3.05, 3.63) is 42.0 Å². The molecule has 0 unspecified atom stereocenters. The largest absolute Gasteiger partial charge is 0.477 e. The minimum atomic E-state index is 0.619. The molecule has 1 aromatic carbocycles. The van der Waals surface area contributed by atoms with E-state index in [4.69, 9.17) is 4.74 Å². The third-order valence-corrected chi connectivity index (χ3v) is 5.86. The molecule has 0 bridgehead atoms. The molecule has 1 saturated carbocycles.